The molecule has 1 aliphatic heterocycles. The lowest BCUT2D eigenvalue weighted by molar-refractivity contribution is 0.142. The summed E-state index contributed by atoms with van der Waals surface area (Å²) in [6, 6.07) is 7.46. The Morgan fingerprint density at radius 1 is 1.37 bits per heavy atom. The van der Waals surface area contributed by atoms with Gasteiger partial charge in [0.2, 0.25) is 11.8 Å². The van der Waals surface area contributed by atoms with Crippen LogP contribution in [-0.2, 0) is 11.2 Å². The molecule has 2 heterocycles. The average molecular weight is 376 g/mol. The molecule has 1 amide bonds. The number of benzene rings is 1. The van der Waals surface area contributed by atoms with Gasteiger partial charge in [-0.1, -0.05) is 12.1 Å². The Morgan fingerprint density at radius 2 is 2.11 bits per heavy atom. The fourth-order valence-corrected chi connectivity index (χ4v) is 2.89. The molecule has 3 rings (SSSR count). The fraction of sp³-hybridized carbons (Fsp3) is 0.368. The Kier molecular flexibility index (Phi) is 5.75. The highest BCUT2D eigenvalue weighted by molar-refractivity contribution is 5.89. The molecule has 0 saturated carbocycles. The topological polar surface area (TPSA) is 81.1 Å². The first-order valence-electron chi connectivity index (χ1n) is 8.54. The maximum absolute atomic E-state index is 13.2. The summed E-state index contributed by atoms with van der Waals surface area (Å²) in [5.74, 6) is 0.235. The summed E-state index contributed by atoms with van der Waals surface area (Å²) >= 11 is 0. The van der Waals surface area contributed by atoms with E-state index in [2.05, 4.69) is 4.98 Å². The van der Waals surface area contributed by atoms with Gasteiger partial charge in [-0.15, -0.1) is 0 Å². The lowest BCUT2D eigenvalue weighted by Crippen LogP contribution is -2.44. The summed E-state index contributed by atoms with van der Waals surface area (Å²) in [4.78, 5) is 17.3. The summed E-state index contributed by atoms with van der Waals surface area (Å²) < 4.78 is 29.5. The Morgan fingerprint density at radius 3 is 2.78 bits per heavy atom. The van der Waals surface area contributed by atoms with Gasteiger partial charge in [0.15, 0.2) is 0 Å². The van der Waals surface area contributed by atoms with E-state index >= 15 is 0 Å². The van der Waals surface area contributed by atoms with Crippen LogP contribution in [0, 0.1) is 5.82 Å². The van der Waals surface area contributed by atoms with E-state index in [-0.39, 0.29) is 31.0 Å². The van der Waals surface area contributed by atoms with Gasteiger partial charge in [0.1, 0.15) is 24.7 Å². The van der Waals surface area contributed by atoms with Gasteiger partial charge >= 0.3 is 6.09 Å². The monoisotopic (exact) mass is 376 g/mol. The van der Waals surface area contributed by atoms with Gasteiger partial charge in [-0.2, -0.15) is 4.98 Å². The van der Waals surface area contributed by atoms with E-state index in [0.717, 1.165) is 5.56 Å². The van der Waals surface area contributed by atoms with E-state index < -0.39 is 6.09 Å². The van der Waals surface area contributed by atoms with Crippen molar-refractivity contribution in [2.45, 2.75) is 19.4 Å². The molecule has 1 aromatic carbocycles. The van der Waals surface area contributed by atoms with Crippen LogP contribution < -0.4 is 14.4 Å². The van der Waals surface area contributed by atoms with Gasteiger partial charge in [-0.05, 0) is 30.7 Å². The minimum Gasteiger partial charge on any atom is -0.475 e. The van der Waals surface area contributed by atoms with Crippen molar-refractivity contribution >= 4 is 11.8 Å². The molecule has 0 saturated heterocycles. The molecule has 0 spiro atoms. The molecule has 1 aromatic heterocycles. The van der Waals surface area contributed by atoms with Crippen molar-refractivity contribution in [1.29, 1.82) is 0 Å². The number of pyridine rings is 1. The molecular weight excluding hydrogens is 355 g/mol. The smallest absolute Gasteiger partial charge is 0.412 e. The fourth-order valence-electron chi connectivity index (χ4n) is 2.89. The molecule has 0 unspecified atom stereocenters. The van der Waals surface area contributed by atoms with Crippen LogP contribution in [0.4, 0.5) is 14.9 Å². The number of carboxylic acid groups (broad SMARTS) is 1. The van der Waals surface area contributed by atoms with Crippen LogP contribution in [0.3, 0.4) is 0 Å². The highest BCUT2D eigenvalue weighted by Gasteiger charge is 2.32. The van der Waals surface area contributed by atoms with Gasteiger partial charge in [0.25, 0.3) is 0 Å². The first-order valence-corrected chi connectivity index (χ1v) is 8.54. The number of hydrogen-bond acceptors (Lipinski definition) is 5. The number of aromatic nitrogens is 1. The zero-order valence-electron chi connectivity index (χ0n) is 15.1. The van der Waals surface area contributed by atoms with Crippen LogP contribution in [0.25, 0.3) is 0 Å². The maximum atomic E-state index is 13.2. The zero-order chi connectivity index (χ0) is 19.4. The molecule has 1 atom stereocenters. The molecule has 0 aliphatic carbocycles. The number of rotatable bonds is 6. The van der Waals surface area contributed by atoms with Crippen LogP contribution >= 0.6 is 0 Å². The van der Waals surface area contributed by atoms with E-state index in [1.54, 1.807) is 32.2 Å². The minimum atomic E-state index is -1.07. The number of hydrogen-bond donors (Lipinski definition) is 1. The lowest BCUT2D eigenvalue weighted by atomic mass is 10.0. The Balaban J connectivity index is 1.99. The predicted molar refractivity (Wildman–Crippen MR) is 96.3 cm³/mol. The molecular formula is C19H21FN2O5. The van der Waals surface area contributed by atoms with Gasteiger partial charge < -0.3 is 19.3 Å². The number of anilines is 1. The number of nitrogens with zero attached hydrogens (tertiary/aromatic N) is 2. The van der Waals surface area contributed by atoms with Crippen molar-refractivity contribution in [3.05, 3.63) is 47.3 Å². The quantitative estimate of drug-likeness (QED) is 0.781. The lowest BCUT2D eigenvalue weighted by Gasteiger charge is -2.32. The third kappa shape index (κ3) is 4.28. The van der Waals surface area contributed by atoms with Crippen molar-refractivity contribution in [3.63, 3.8) is 0 Å². The molecule has 8 heteroatoms. The molecule has 1 aliphatic rings. The van der Waals surface area contributed by atoms with Crippen molar-refractivity contribution in [3.8, 4) is 11.8 Å². The first-order chi connectivity index (χ1) is 13.0. The second kappa shape index (κ2) is 8.22. The van der Waals surface area contributed by atoms with Crippen LogP contribution in [-0.4, -0.2) is 49.2 Å². The molecule has 0 bridgehead atoms. The average Bonchev–Trinajstić information content (AvgIpc) is 2.64. The standard InChI is InChI=1S/C19H21FN2O5/c1-12-11-27-18-16(22(12)19(23)24)10-14(17(21-18)26-8-7-25-2)9-13-3-5-15(20)6-4-13/h3-6,10,12H,7-9,11H2,1-2H3,(H,23,24)/t12-/m0/s1. The number of fused-ring (bicyclic) bond motifs is 1. The van der Waals surface area contributed by atoms with E-state index in [1.807, 2.05) is 0 Å². The molecule has 2 aromatic rings. The summed E-state index contributed by atoms with van der Waals surface area (Å²) in [6.45, 7) is 2.65. The van der Waals surface area contributed by atoms with Crippen LogP contribution in [0.5, 0.6) is 11.8 Å². The Hall–Kier alpha value is -2.87. The van der Waals surface area contributed by atoms with Crippen molar-refractivity contribution in [2.75, 3.05) is 31.8 Å². The third-order valence-electron chi connectivity index (χ3n) is 4.21. The van der Waals surface area contributed by atoms with E-state index in [1.165, 1.54) is 17.0 Å². The summed E-state index contributed by atoms with van der Waals surface area (Å²) in [6.07, 6.45) is -0.667. The van der Waals surface area contributed by atoms with E-state index in [9.17, 15) is 14.3 Å². The van der Waals surface area contributed by atoms with E-state index in [0.29, 0.717) is 30.2 Å². The van der Waals surface area contributed by atoms with Gasteiger partial charge in [0.05, 0.1) is 12.6 Å². The second-order valence-electron chi connectivity index (χ2n) is 6.23. The van der Waals surface area contributed by atoms with Gasteiger partial charge in [-0.25, -0.2) is 9.18 Å². The van der Waals surface area contributed by atoms with Crippen molar-refractivity contribution in [2.24, 2.45) is 0 Å². The van der Waals surface area contributed by atoms with Crippen LogP contribution in [0.2, 0.25) is 0 Å². The highest BCUT2D eigenvalue weighted by atomic mass is 19.1. The zero-order valence-corrected chi connectivity index (χ0v) is 15.1. The summed E-state index contributed by atoms with van der Waals surface area (Å²) in [7, 11) is 1.57. The van der Waals surface area contributed by atoms with Crippen molar-refractivity contribution in [1.82, 2.24) is 4.98 Å². The van der Waals surface area contributed by atoms with Crippen molar-refractivity contribution < 1.29 is 28.5 Å². The Labute approximate surface area is 156 Å². The number of methoxy groups -OCH3 is 1. The largest absolute Gasteiger partial charge is 0.475 e. The number of ether oxygens (including phenoxy) is 3. The number of carbonyl (C=O) groups is 1. The summed E-state index contributed by atoms with van der Waals surface area (Å²) in [5.41, 5.74) is 1.90. The number of amides is 1. The Bertz CT molecular complexity index is 812. The molecule has 0 radical (unpaired) electrons. The SMILES string of the molecule is COCCOc1nc2c(cc1Cc1ccc(F)cc1)N(C(=O)O)[C@@H](C)CO2. The first kappa shape index (κ1) is 18.9. The molecule has 144 valence electrons. The molecule has 7 nitrogen and oxygen atoms in total. The predicted octanol–water partition coefficient (Wildman–Crippen LogP) is 3.10. The van der Waals surface area contributed by atoms with Gasteiger partial charge in [0, 0.05) is 19.1 Å². The van der Waals surface area contributed by atoms with Gasteiger partial charge in [-0.3, -0.25) is 4.90 Å². The second-order valence-corrected chi connectivity index (χ2v) is 6.23. The molecule has 1 N–H and O–H groups in total. The minimum absolute atomic E-state index is 0.209. The molecule has 27 heavy (non-hydrogen) atoms. The van der Waals surface area contributed by atoms with E-state index in [4.69, 9.17) is 14.2 Å². The maximum Gasteiger partial charge on any atom is 0.412 e. The molecule has 0 fully saturated rings. The normalized spacial score (nSPS) is 15.8. The number of halogens is 1. The van der Waals surface area contributed by atoms with Crippen LogP contribution in [0.1, 0.15) is 18.1 Å². The van der Waals surface area contributed by atoms with Crippen LogP contribution in [0.15, 0.2) is 30.3 Å². The summed E-state index contributed by atoms with van der Waals surface area (Å²) in [5, 5.41) is 9.56. The highest BCUT2D eigenvalue weighted by Crippen LogP contribution is 2.37. The third-order valence-corrected chi connectivity index (χ3v) is 4.21.